The standard InChI is InChI=1S/C21H24N4O/c1-15-11-13-18(14-12-15)22-24-21(16(2)26)25-23-20-10-6-4-8-17-7-3-5-9-19(17)20/h3,5,7,9,11-14,22H,4,6,8,10H2,1-2H3,(H,24,25)/b23-20+. The summed E-state index contributed by atoms with van der Waals surface area (Å²) in [5.74, 6) is 0.0238. The fourth-order valence-electron chi connectivity index (χ4n) is 2.93. The molecule has 0 amide bonds. The lowest BCUT2D eigenvalue weighted by Gasteiger charge is -2.09. The Morgan fingerprint density at radius 1 is 1.00 bits per heavy atom. The quantitative estimate of drug-likeness (QED) is 0.379. The number of amidine groups is 1. The lowest BCUT2D eigenvalue weighted by Crippen LogP contribution is -2.28. The summed E-state index contributed by atoms with van der Waals surface area (Å²) in [5, 5.41) is 8.69. The zero-order valence-corrected chi connectivity index (χ0v) is 15.2. The number of fused-ring (bicyclic) bond motifs is 1. The van der Waals surface area contributed by atoms with Crippen molar-refractivity contribution in [2.75, 3.05) is 5.43 Å². The molecule has 2 aromatic carbocycles. The topological polar surface area (TPSA) is 65.8 Å². The van der Waals surface area contributed by atoms with Crippen molar-refractivity contribution >= 4 is 23.0 Å². The van der Waals surface area contributed by atoms with E-state index < -0.39 is 0 Å². The molecule has 0 fully saturated rings. The van der Waals surface area contributed by atoms with Gasteiger partial charge in [0, 0.05) is 12.5 Å². The Morgan fingerprint density at radius 3 is 2.50 bits per heavy atom. The van der Waals surface area contributed by atoms with E-state index in [9.17, 15) is 4.79 Å². The number of nitrogens with zero attached hydrogens (tertiary/aromatic N) is 2. The van der Waals surface area contributed by atoms with Crippen LogP contribution in [0.4, 0.5) is 5.69 Å². The molecule has 5 nitrogen and oxygen atoms in total. The first kappa shape index (κ1) is 17.9. The molecule has 3 rings (SSSR count). The Bertz CT molecular complexity index is 837. The van der Waals surface area contributed by atoms with Gasteiger partial charge in [0.25, 0.3) is 0 Å². The highest BCUT2D eigenvalue weighted by atomic mass is 16.1. The molecule has 1 aliphatic rings. The fraction of sp³-hybridized carbons (Fsp3) is 0.286. The van der Waals surface area contributed by atoms with E-state index in [0.717, 1.165) is 42.6 Å². The summed E-state index contributed by atoms with van der Waals surface area (Å²) < 4.78 is 0. The molecule has 26 heavy (non-hydrogen) atoms. The minimum atomic E-state index is -0.170. The Morgan fingerprint density at radius 2 is 1.73 bits per heavy atom. The number of benzene rings is 2. The second-order valence-corrected chi connectivity index (χ2v) is 6.53. The molecule has 0 saturated carbocycles. The van der Waals surface area contributed by atoms with E-state index in [1.807, 2.05) is 37.3 Å². The third kappa shape index (κ3) is 4.57. The third-order valence-electron chi connectivity index (χ3n) is 4.42. The molecule has 5 heteroatoms. The number of rotatable bonds is 4. The Hall–Kier alpha value is -2.95. The summed E-state index contributed by atoms with van der Waals surface area (Å²) in [7, 11) is 0. The van der Waals surface area contributed by atoms with E-state index in [4.69, 9.17) is 0 Å². The van der Waals surface area contributed by atoms with Crippen molar-refractivity contribution in [1.82, 2.24) is 5.43 Å². The lowest BCUT2D eigenvalue weighted by atomic mass is 10.0. The molecule has 0 unspecified atom stereocenters. The first-order valence-corrected chi connectivity index (χ1v) is 8.95. The molecule has 0 saturated heterocycles. The first-order chi connectivity index (χ1) is 12.6. The van der Waals surface area contributed by atoms with Crippen molar-refractivity contribution in [2.45, 2.75) is 39.5 Å². The third-order valence-corrected chi connectivity index (χ3v) is 4.42. The normalized spacial score (nSPS) is 15.9. The summed E-state index contributed by atoms with van der Waals surface area (Å²) in [6.07, 6.45) is 4.19. The van der Waals surface area contributed by atoms with Crippen LogP contribution in [0, 0.1) is 6.92 Å². The zero-order valence-electron chi connectivity index (χ0n) is 15.2. The van der Waals surface area contributed by atoms with Gasteiger partial charge in [-0.25, -0.2) is 0 Å². The van der Waals surface area contributed by atoms with Crippen molar-refractivity contribution in [3.63, 3.8) is 0 Å². The van der Waals surface area contributed by atoms with Gasteiger partial charge in [-0.15, -0.1) is 0 Å². The zero-order chi connectivity index (χ0) is 18.4. The molecular formula is C21H24N4O. The van der Waals surface area contributed by atoms with Crippen LogP contribution in [0.1, 0.15) is 42.9 Å². The average molecular weight is 348 g/mol. The average Bonchev–Trinajstić information content (AvgIpc) is 2.85. The maximum Gasteiger partial charge on any atom is 0.209 e. The van der Waals surface area contributed by atoms with Gasteiger partial charge in [-0.1, -0.05) is 42.0 Å². The second kappa shape index (κ2) is 8.43. The van der Waals surface area contributed by atoms with Gasteiger partial charge in [-0.05, 0) is 50.3 Å². The molecule has 0 radical (unpaired) electrons. The largest absolute Gasteiger partial charge is 0.291 e. The van der Waals surface area contributed by atoms with E-state index in [-0.39, 0.29) is 11.6 Å². The molecule has 2 N–H and O–H groups in total. The maximum atomic E-state index is 11.9. The number of aryl methyl sites for hydroxylation is 2. The SMILES string of the molecule is CC(=O)/C(=N\Nc1ccc(C)cc1)N/N=C1\CCCCc2ccccc21. The molecule has 0 aromatic heterocycles. The Balaban J connectivity index is 1.78. The molecular weight excluding hydrogens is 324 g/mol. The number of hydrogen-bond acceptors (Lipinski definition) is 4. The number of hydrogen-bond donors (Lipinski definition) is 2. The molecule has 0 bridgehead atoms. The van der Waals surface area contributed by atoms with Gasteiger partial charge in [0.05, 0.1) is 11.4 Å². The summed E-state index contributed by atoms with van der Waals surface area (Å²) in [6, 6.07) is 16.1. The van der Waals surface area contributed by atoms with E-state index in [2.05, 4.69) is 39.3 Å². The highest BCUT2D eigenvalue weighted by molar-refractivity contribution is 6.38. The summed E-state index contributed by atoms with van der Waals surface area (Å²) >= 11 is 0. The van der Waals surface area contributed by atoms with Crippen LogP contribution in [0.2, 0.25) is 0 Å². The van der Waals surface area contributed by atoms with Crippen LogP contribution in [-0.2, 0) is 11.2 Å². The van der Waals surface area contributed by atoms with Crippen LogP contribution >= 0.6 is 0 Å². The molecule has 134 valence electrons. The molecule has 1 aliphatic carbocycles. The van der Waals surface area contributed by atoms with Crippen LogP contribution in [0.5, 0.6) is 0 Å². The summed E-state index contributed by atoms with van der Waals surface area (Å²) in [5.41, 5.74) is 11.2. The maximum absolute atomic E-state index is 11.9. The van der Waals surface area contributed by atoms with Crippen LogP contribution in [0.25, 0.3) is 0 Å². The van der Waals surface area contributed by atoms with Gasteiger partial charge in [-0.2, -0.15) is 10.2 Å². The van der Waals surface area contributed by atoms with Gasteiger partial charge < -0.3 is 0 Å². The van der Waals surface area contributed by atoms with Crippen molar-refractivity contribution in [2.24, 2.45) is 10.2 Å². The minimum Gasteiger partial charge on any atom is -0.291 e. The number of anilines is 1. The number of nitrogens with one attached hydrogen (secondary N) is 2. The highest BCUT2D eigenvalue weighted by Crippen LogP contribution is 2.20. The molecule has 0 aliphatic heterocycles. The van der Waals surface area contributed by atoms with Crippen LogP contribution in [-0.4, -0.2) is 17.3 Å². The van der Waals surface area contributed by atoms with Crippen LogP contribution in [0.3, 0.4) is 0 Å². The van der Waals surface area contributed by atoms with Crippen LogP contribution < -0.4 is 10.9 Å². The predicted molar refractivity (Wildman–Crippen MR) is 107 cm³/mol. The van der Waals surface area contributed by atoms with Crippen molar-refractivity contribution < 1.29 is 4.79 Å². The van der Waals surface area contributed by atoms with Gasteiger partial charge in [0.15, 0.2) is 5.78 Å². The summed E-state index contributed by atoms with van der Waals surface area (Å²) in [4.78, 5) is 11.9. The van der Waals surface area contributed by atoms with Gasteiger partial charge in [0.1, 0.15) is 0 Å². The van der Waals surface area contributed by atoms with Crippen molar-refractivity contribution in [1.29, 1.82) is 0 Å². The van der Waals surface area contributed by atoms with Gasteiger partial charge in [0.2, 0.25) is 5.84 Å². The fourth-order valence-corrected chi connectivity index (χ4v) is 2.93. The summed E-state index contributed by atoms with van der Waals surface area (Å²) in [6.45, 7) is 3.50. The number of ketones is 1. The number of carbonyl (C=O) groups is 1. The van der Waals surface area contributed by atoms with Gasteiger partial charge >= 0.3 is 0 Å². The molecule has 0 atom stereocenters. The van der Waals surface area contributed by atoms with E-state index >= 15 is 0 Å². The molecule has 2 aromatic rings. The smallest absolute Gasteiger partial charge is 0.209 e. The lowest BCUT2D eigenvalue weighted by molar-refractivity contribution is -0.111. The molecule has 0 spiro atoms. The van der Waals surface area contributed by atoms with Gasteiger partial charge in [-0.3, -0.25) is 15.6 Å². The second-order valence-electron chi connectivity index (χ2n) is 6.53. The molecule has 0 heterocycles. The Labute approximate surface area is 154 Å². The minimum absolute atomic E-state index is 0.170. The number of hydrazone groups is 2. The van der Waals surface area contributed by atoms with Crippen molar-refractivity contribution in [3.05, 3.63) is 65.2 Å². The highest BCUT2D eigenvalue weighted by Gasteiger charge is 2.14. The number of Topliss-reactive ketones (excluding diaryl/α,β-unsaturated/α-hetero) is 1. The Kier molecular flexibility index (Phi) is 5.79. The predicted octanol–water partition coefficient (Wildman–Crippen LogP) is 4.03. The van der Waals surface area contributed by atoms with E-state index in [0.29, 0.717) is 0 Å². The first-order valence-electron chi connectivity index (χ1n) is 8.95. The monoisotopic (exact) mass is 348 g/mol. The van der Waals surface area contributed by atoms with E-state index in [1.165, 1.54) is 18.1 Å². The van der Waals surface area contributed by atoms with E-state index in [1.54, 1.807) is 0 Å². The van der Waals surface area contributed by atoms with Crippen molar-refractivity contribution in [3.8, 4) is 0 Å². The number of carbonyl (C=O) groups excluding carboxylic acids is 1. The van der Waals surface area contributed by atoms with Crippen LogP contribution in [0.15, 0.2) is 58.7 Å².